The van der Waals surface area contributed by atoms with Crippen molar-refractivity contribution in [3.8, 4) is 0 Å². The van der Waals surface area contributed by atoms with E-state index in [9.17, 15) is 22.8 Å². The molecule has 1 aromatic rings. The average molecular weight is 442 g/mol. The smallest absolute Gasteiger partial charge is 0.416 e. The van der Waals surface area contributed by atoms with E-state index in [1.54, 1.807) is 0 Å². The van der Waals surface area contributed by atoms with Crippen LogP contribution >= 0.6 is 0 Å². The predicted molar refractivity (Wildman–Crippen MR) is 110 cm³/mol. The molecule has 0 radical (unpaired) electrons. The van der Waals surface area contributed by atoms with Gasteiger partial charge in [0.05, 0.1) is 5.56 Å². The summed E-state index contributed by atoms with van der Waals surface area (Å²) in [6.07, 6.45) is -2.78. The number of benzene rings is 1. The fourth-order valence-corrected chi connectivity index (χ4v) is 4.07. The zero-order valence-corrected chi connectivity index (χ0v) is 17.4. The zero-order chi connectivity index (χ0) is 22.4. The van der Waals surface area contributed by atoms with Crippen molar-refractivity contribution in [1.29, 1.82) is 0 Å². The molecule has 0 atom stereocenters. The lowest BCUT2D eigenvalue weighted by atomic mass is 10.1. The molecule has 2 heterocycles. The van der Waals surface area contributed by atoms with Crippen molar-refractivity contribution in [2.75, 3.05) is 50.7 Å². The van der Waals surface area contributed by atoms with E-state index in [0.717, 1.165) is 57.0 Å². The van der Waals surface area contributed by atoms with Gasteiger partial charge in [-0.25, -0.2) is 4.79 Å². The van der Waals surface area contributed by atoms with E-state index in [1.807, 2.05) is 0 Å². The van der Waals surface area contributed by atoms with E-state index >= 15 is 0 Å². The fourth-order valence-electron chi connectivity index (χ4n) is 4.07. The Kier molecular flexibility index (Phi) is 7.64. The van der Waals surface area contributed by atoms with Gasteiger partial charge in [0, 0.05) is 57.4 Å². The maximum absolute atomic E-state index is 12.7. The lowest BCUT2D eigenvalue weighted by molar-refractivity contribution is -0.137. The van der Waals surface area contributed by atoms with Gasteiger partial charge in [-0.15, -0.1) is 0 Å². The van der Waals surface area contributed by atoms with Crippen molar-refractivity contribution in [3.63, 3.8) is 0 Å². The molecule has 172 valence electrons. The minimum absolute atomic E-state index is 0.00262. The number of amides is 2. The van der Waals surface area contributed by atoms with Crippen LogP contribution in [0.1, 0.15) is 31.2 Å². The van der Waals surface area contributed by atoms with E-state index in [-0.39, 0.29) is 11.9 Å². The van der Waals surface area contributed by atoms with Crippen LogP contribution in [0.25, 0.3) is 0 Å². The van der Waals surface area contributed by atoms with Gasteiger partial charge in [-0.2, -0.15) is 13.2 Å². The largest absolute Gasteiger partial charge is 0.465 e. The second kappa shape index (κ2) is 10.2. The Hall–Kier alpha value is -2.49. The number of carboxylic acid groups (broad SMARTS) is 1. The molecule has 2 fully saturated rings. The Labute approximate surface area is 179 Å². The summed E-state index contributed by atoms with van der Waals surface area (Å²) in [7, 11) is 0. The Morgan fingerprint density at radius 1 is 1.00 bits per heavy atom. The molecule has 0 bridgehead atoms. The molecule has 2 aliphatic rings. The minimum atomic E-state index is -4.32. The van der Waals surface area contributed by atoms with Crippen LogP contribution in [0.2, 0.25) is 0 Å². The number of carbonyl (C=O) groups is 2. The number of anilines is 1. The number of hydrogen-bond donors (Lipinski definition) is 2. The molecule has 2 amide bonds. The molecule has 3 rings (SSSR count). The van der Waals surface area contributed by atoms with Crippen molar-refractivity contribution < 1.29 is 27.9 Å². The van der Waals surface area contributed by atoms with Gasteiger partial charge in [0.2, 0.25) is 5.91 Å². The van der Waals surface area contributed by atoms with Crippen LogP contribution in [0.15, 0.2) is 24.3 Å². The SMILES string of the molecule is O=C(CCCN1CCN(c2ccc(C(F)(F)F)cc2)CC1)NC1CCN(C(=O)O)CC1. The van der Waals surface area contributed by atoms with Crippen molar-refractivity contribution in [2.45, 2.75) is 37.9 Å². The van der Waals surface area contributed by atoms with Crippen LogP contribution in [-0.2, 0) is 11.0 Å². The van der Waals surface area contributed by atoms with Crippen molar-refractivity contribution >= 4 is 17.7 Å². The minimum Gasteiger partial charge on any atom is -0.465 e. The molecular formula is C21H29F3N4O3. The van der Waals surface area contributed by atoms with Crippen molar-refractivity contribution in [2.24, 2.45) is 0 Å². The number of hydrogen-bond acceptors (Lipinski definition) is 4. The highest BCUT2D eigenvalue weighted by molar-refractivity contribution is 5.76. The first-order valence-electron chi connectivity index (χ1n) is 10.6. The van der Waals surface area contributed by atoms with Crippen molar-refractivity contribution in [3.05, 3.63) is 29.8 Å². The molecule has 7 nitrogen and oxygen atoms in total. The van der Waals surface area contributed by atoms with Gasteiger partial charge in [-0.1, -0.05) is 0 Å². The van der Waals surface area contributed by atoms with E-state index in [0.29, 0.717) is 32.4 Å². The molecule has 0 aliphatic carbocycles. The number of piperidine rings is 1. The molecule has 0 spiro atoms. The second-order valence-corrected chi connectivity index (χ2v) is 8.09. The summed E-state index contributed by atoms with van der Waals surface area (Å²) in [5, 5.41) is 12.0. The number of rotatable bonds is 6. The Morgan fingerprint density at radius 3 is 2.16 bits per heavy atom. The highest BCUT2D eigenvalue weighted by Gasteiger charge is 2.30. The zero-order valence-electron chi connectivity index (χ0n) is 17.4. The fraction of sp³-hybridized carbons (Fsp3) is 0.619. The molecule has 0 aromatic heterocycles. The number of piperazine rings is 1. The van der Waals surface area contributed by atoms with E-state index < -0.39 is 17.8 Å². The Morgan fingerprint density at radius 2 is 1.61 bits per heavy atom. The maximum atomic E-state index is 12.7. The third kappa shape index (κ3) is 6.75. The highest BCUT2D eigenvalue weighted by atomic mass is 19.4. The van der Waals surface area contributed by atoms with Crippen LogP contribution in [0.3, 0.4) is 0 Å². The first-order valence-corrected chi connectivity index (χ1v) is 10.6. The van der Waals surface area contributed by atoms with Crippen LogP contribution in [0.4, 0.5) is 23.7 Å². The van der Waals surface area contributed by atoms with Gasteiger partial charge in [0.25, 0.3) is 0 Å². The quantitative estimate of drug-likeness (QED) is 0.709. The van der Waals surface area contributed by atoms with E-state index in [4.69, 9.17) is 5.11 Å². The summed E-state index contributed by atoms with van der Waals surface area (Å²) in [4.78, 5) is 28.8. The molecule has 2 saturated heterocycles. The van der Waals surface area contributed by atoms with Gasteiger partial charge in [0.1, 0.15) is 0 Å². The molecule has 0 saturated carbocycles. The van der Waals surface area contributed by atoms with Crippen LogP contribution < -0.4 is 10.2 Å². The first-order chi connectivity index (χ1) is 14.7. The topological polar surface area (TPSA) is 76.1 Å². The highest BCUT2D eigenvalue weighted by Crippen LogP contribution is 2.30. The van der Waals surface area contributed by atoms with Gasteiger partial charge in [-0.3, -0.25) is 9.69 Å². The number of nitrogens with zero attached hydrogens (tertiary/aromatic N) is 3. The third-order valence-electron chi connectivity index (χ3n) is 5.94. The summed E-state index contributed by atoms with van der Waals surface area (Å²) in [6.45, 7) is 4.77. The van der Waals surface area contributed by atoms with Gasteiger partial charge in [0.15, 0.2) is 0 Å². The standard InChI is InChI=1S/C21H29F3N4O3/c22-21(23,24)16-3-5-18(6-4-16)27-14-12-26(13-15-27)9-1-2-19(29)25-17-7-10-28(11-8-17)20(30)31/h3-6,17H,1-2,7-15H2,(H,25,29)(H,30,31). The number of nitrogens with one attached hydrogen (secondary N) is 1. The molecule has 1 aromatic carbocycles. The molecule has 31 heavy (non-hydrogen) atoms. The Bertz CT molecular complexity index is 741. The van der Waals surface area contributed by atoms with Crippen LogP contribution in [-0.4, -0.2) is 78.8 Å². The number of alkyl halides is 3. The normalized spacial score (nSPS) is 18.8. The predicted octanol–water partition coefficient (Wildman–Crippen LogP) is 2.87. The van der Waals surface area contributed by atoms with Crippen LogP contribution in [0.5, 0.6) is 0 Å². The van der Waals surface area contributed by atoms with E-state index in [2.05, 4.69) is 15.1 Å². The molecule has 2 N–H and O–H groups in total. The molecule has 10 heteroatoms. The maximum Gasteiger partial charge on any atom is 0.416 e. The molecule has 0 unspecified atom stereocenters. The molecular weight excluding hydrogens is 413 g/mol. The summed E-state index contributed by atoms with van der Waals surface area (Å²) in [5.74, 6) is -0.00262. The summed E-state index contributed by atoms with van der Waals surface area (Å²) < 4.78 is 38.1. The monoisotopic (exact) mass is 442 g/mol. The van der Waals surface area contributed by atoms with Crippen LogP contribution in [0, 0.1) is 0 Å². The number of halogens is 3. The lowest BCUT2D eigenvalue weighted by Gasteiger charge is -2.36. The van der Waals surface area contributed by atoms with Gasteiger partial charge >= 0.3 is 12.3 Å². The third-order valence-corrected chi connectivity index (χ3v) is 5.94. The van der Waals surface area contributed by atoms with Gasteiger partial charge < -0.3 is 20.2 Å². The summed E-state index contributed by atoms with van der Waals surface area (Å²) in [6, 6.07) is 5.31. The van der Waals surface area contributed by atoms with Crippen molar-refractivity contribution in [1.82, 2.24) is 15.1 Å². The van der Waals surface area contributed by atoms with E-state index in [1.165, 1.54) is 17.0 Å². The average Bonchev–Trinajstić information content (AvgIpc) is 2.74. The lowest BCUT2D eigenvalue weighted by Crippen LogP contribution is -2.47. The summed E-state index contributed by atoms with van der Waals surface area (Å²) in [5.41, 5.74) is 0.154. The summed E-state index contributed by atoms with van der Waals surface area (Å²) >= 11 is 0. The Balaban J connectivity index is 1.32. The number of likely N-dealkylation sites (tertiary alicyclic amines) is 1. The molecule has 2 aliphatic heterocycles. The van der Waals surface area contributed by atoms with Gasteiger partial charge in [-0.05, 0) is 50.1 Å². The second-order valence-electron chi connectivity index (χ2n) is 8.09. The number of carbonyl (C=O) groups excluding carboxylic acids is 1. The first kappa shape index (κ1) is 23.2.